The summed E-state index contributed by atoms with van der Waals surface area (Å²) in [4.78, 5) is 27.2. The molecule has 2 aromatic rings. The SMILES string of the molecule is CC(=O)Nc1ccc(SC(C)C(=O)NC2CCN(Cc3cccc(C)c3)CC2)cc1. The largest absolute Gasteiger partial charge is 0.352 e. The van der Waals surface area contributed by atoms with Crippen LogP contribution in [0.2, 0.25) is 0 Å². The van der Waals surface area contributed by atoms with Crippen LogP contribution in [0.3, 0.4) is 0 Å². The minimum atomic E-state index is -0.165. The van der Waals surface area contributed by atoms with E-state index in [4.69, 9.17) is 0 Å². The van der Waals surface area contributed by atoms with Crippen molar-refractivity contribution in [2.24, 2.45) is 0 Å². The van der Waals surface area contributed by atoms with Crippen molar-refractivity contribution < 1.29 is 9.59 Å². The van der Waals surface area contributed by atoms with Crippen molar-refractivity contribution in [3.05, 3.63) is 59.7 Å². The number of carbonyl (C=O) groups excluding carboxylic acids is 2. The number of thioether (sulfide) groups is 1. The molecule has 1 fully saturated rings. The molecule has 0 bridgehead atoms. The number of amides is 2. The Morgan fingerprint density at radius 3 is 2.47 bits per heavy atom. The molecule has 1 aliphatic heterocycles. The molecule has 1 heterocycles. The van der Waals surface area contributed by atoms with Gasteiger partial charge in [0.1, 0.15) is 0 Å². The Labute approximate surface area is 183 Å². The van der Waals surface area contributed by atoms with Crippen molar-refractivity contribution in [3.8, 4) is 0 Å². The van der Waals surface area contributed by atoms with Gasteiger partial charge in [-0.05, 0) is 56.5 Å². The Morgan fingerprint density at radius 2 is 1.83 bits per heavy atom. The lowest BCUT2D eigenvalue weighted by Crippen LogP contribution is -2.46. The Bertz CT molecular complexity index is 861. The molecule has 2 amide bonds. The second-order valence-electron chi connectivity index (χ2n) is 8.01. The average Bonchev–Trinajstić information content (AvgIpc) is 2.70. The molecule has 160 valence electrons. The summed E-state index contributed by atoms with van der Waals surface area (Å²) in [6.07, 6.45) is 1.97. The maximum atomic E-state index is 12.6. The van der Waals surface area contributed by atoms with E-state index in [1.807, 2.05) is 31.2 Å². The van der Waals surface area contributed by atoms with Gasteiger partial charge in [-0.15, -0.1) is 11.8 Å². The number of nitrogens with zero attached hydrogens (tertiary/aromatic N) is 1. The monoisotopic (exact) mass is 425 g/mol. The number of aryl methyl sites for hydroxylation is 1. The summed E-state index contributed by atoms with van der Waals surface area (Å²) in [5, 5.41) is 5.81. The summed E-state index contributed by atoms with van der Waals surface area (Å²) >= 11 is 1.54. The smallest absolute Gasteiger partial charge is 0.233 e. The topological polar surface area (TPSA) is 61.4 Å². The first-order chi connectivity index (χ1) is 14.4. The Balaban J connectivity index is 1.42. The number of likely N-dealkylation sites (tertiary alicyclic amines) is 1. The minimum Gasteiger partial charge on any atom is -0.352 e. The fourth-order valence-electron chi connectivity index (χ4n) is 3.70. The fraction of sp³-hybridized carbons (Fsp3) is 0.417. The van der Waals surface area contributed by atoms with Crippen LogP contribution in [-0.2, 0) is 16.1 Å². The first-order valence-electron chi connectivity index (χ1n) is 10.5. The van der Waals surface area contributed by atoms with Crippen LogP contribution in [0.4, 0.5) is 5.69 Å². The highest BCUT2D eigenvalue weighted by atomic mass is 32.2. The van der Waals surface area contributed by atoms with Crippen LogP contribution in [0, 0.1) is 6.92 Å². The van der Waals surface area contributed by atoms with Gasteiger partial charge in [0.15, 0.2) is 0 Å². The van der Waals surface area contributed by atoms with Crippen LogP contribution in [0.5, 0.6) is 0 Å². The number of rotatable bonds is 7. The molecule has 2 N–H and O–H groups in total. The van der Waals surface area contributed by atoms with Gasteiger partial charge in [-0.3, -0.25) is 14.5 Å². The van der Waals surface area contributed by atoms with Gasteiger partial charge < -0.3 is 10.6 Å². The van der Waals surface area contributed by atoms with Gasteiger partial charge >= 0.3 is 0 Å². The molecule has 6 heteroatoms. The Hall–Kier alpha value is -2.31. The lowest BCUT2D eigenvalue weighted by atomic mass is 10.0. The third-order valence-corrected chi connectivity index (χ3v) is 6.39. The molecule has 1 atom stereocenters. The Kier molecular flexibility index (Phi) is 7.94. The number of benzene rings is 2. The molecule has 0 spiro atoms. The molecule has 0 saturated carbocycles. The zero-order valence-corrected chi connectivity index (χ0v) is 18.8. The standard InChI is InChI=1S/C24H31N3O2S/c1-17-5-4-6-20(15-17)16-27-13-11-22(12-14-27)26-24(29)18(2)30-23-9-7-21(8-10-23)25-19(3)28/h4-10,15,18,22H,11-14,16H2,1-3H3,(H,25,28)(H,26,29). The first-order valence-corrected chi connectivity index (χ1v) is 11.4. The van der Waals surface area contributed by atoms with Gasteiger partial charge in [0.2, 0.25) is 11.8 Å². The van der Waals surface area contributed by atoms with Crippen molar-refractivity contribution >= 4 is 29.3 Å². The third-order valence-electron chi connectivity index (χ3n) is 5.28. The predicted octanol–water partition coefficient (Wildman–Crippen LogP) is 4.21. The maximum Gasteiger partial charge on any atom is 0.233 e. The highest BCUT2D eigenvalue weighted by molar-refractivity contribution is 8.00. The molecule has 3 rings (SSSR count). The molecule has 0 radical (unpaired) electrons. The predicted molar refractivity (Wildman–Crippen MR) is 124 cm³/mol. The molecular formula is C24H31N3O2S. The van der Waals surface area contributed by atoms with Crippen LogP contribution in [0.1, 0.15) is 37.8 Å². The van der Waals surface area contributed by atoms with Gasteiger partial charge in [0.05, 0.1) is 5.25 Å². The normalized spacial score (nSPS) is 16.1. The minimum absolute atomic E-state index is 0.0862. The summed E-state index contributed by atoms with van der Waals surface area (Å²) in [7, 11) is 0. The second kappa shape index (κ2) is 10.6. The number of nitrogens with one attached hydrogen (secondary N) is 2. The third kappa shape index (κ3) is 6.89. The summed E-state index contributed by atoms with van der Waals surface area (Å²) in [5.41, 5.74) is 3.42. The van der Waals surface area contributed by atoms with E-state index in [0.29, 0.717) is 0 Å². The van der Waals surface area contributed by atoms with Gasteiger partial charge in [0.25, 0.3) is 0 Å². The molecule has 1 saturated heterocycles. The van der Waals surface area contributed by atoms with Crippen molar-refractivity contribution in [1.82, 2.24) is 10.2 Å². The molecule has 30 heavy (non-hydrogen) atoms. The lowest BCUT2D eigenvalue weighted by Gasteiger charge is -2.33. The van der Waals surface area contributed by atoms with E-state index < -0.39 is 0 Å². The van der Waals surface area contributed by atoms with E-state index in [1.54, 1.807) is 0 Å². The second-order valence-corrected chi connectivity index (χ2v) is 9.43. The highest BCUT2D eigenvalue weighted by Gasteiger charge is 2.23. The average molecular weight is 426 g/mol. The molecule has 0 aromatic heterocycles. The van der Waals surface area contributed by atoms with Crippen molar-refractivity contribution in [3.63, 3.8) is 0 Å². The molecule has 5 nitrogen and oxygen atoms in total. The summed E-state index contributed by atoms with van der Waals surface area (Å²) < 4.78 is 0. The van der Waals surface area contributed by atoms with Gasteiger partial charge in [0, 0.05) is 43.2 Å². The van der Waals surface area contributed by atoms with Gasteiger partial charge in [-0.25, -0.2) is 0 Å². The number of piperidine rings is 1. The zero-order valence-electron chi connectivity index (χ0n) is 18.0. The number of anilines is 1. The number of hydrogen-bond donors (Lipinski definition) is 2. The van der Waals surface area contributed by atoms with E-state index in [-0.39, 0.29) is 23.1 Å². The molecular weight excluding hydrogens is 394 g/mol. The van der Waals surface area contributed by atoms with E-state index in [1.165, 1.54) is 29.8 Å². The summed E-state index contributed by atoms with van der Waals surface area (Å²) in [6, 6.07) is 16.5. The quantitative estimate of drug-likeness (QED) is 0.652. The van der Waals surface area contributed by atoms with E-state index >= 15 is 0 Å². The fourth-order valence-corrected chi connectivity index (χ4v) is 4.58. The van der Waals surface area contributed by atoms with E-state index in [0.717, 1.165) is 43.1 Å². The summed E-state index contributed by atoms with van der Waals surface area (Å²) in [6.45, 7) is 8.54. The van der Waals surface area contributed by atoms with Crippen LogP contribution >= 0.6 is 11.8 Å². The first kappa shape index (κ1) is 22.4. The van der Waals surface area contributed by atoms with Crippen LogP contribution in [0.25, 0.3) is 0 Å². The lowest BCUT2D eigenvalue weighted by molar-refractivity contribution is -0.121. The molecule has 1 aliphatic rings. The Morgan fingerprint density at radius 1 is 1.13 bits per heavy atom. The van der Waals surface area contributed by atoms with Gasteiger partial charge in [-0.2, -0.15) is 0 Å². The highest BCUT2D eigenvalue weighted by Crippen LogP contribution is 2.25. The van der Waals surface area contributed by atoms with Crippen LogP contribution < -0.4 is 10.6 Å². The van der Waals surface area contributed by atoms with Crippen molar-refractivity contribution in [1.29, 1.82) is 0 Å². The van der Waals surface area contributed by atoms with E-state index in [2.05, 4.69) is 46.7 Å². The van der Waals surface area contributed by atoms with Crippen molar-refractivity contribution in [2.75, 3.05) is 18.4 Å². The number of hydrogen-bond acceptors (Lipinski definition) is 4. The zero-order chi connectivity index (χ0) is 21.5. The molecule has 2 aromatic carbocycles. The van der Waals surface area contributed by atoms with E-state index in [9.17, 15) is 9.59 Å². The molecule has 1 unspecified atom stereocenters. The van der Waals surface area contributed by atoms with Crippen LogP contribution in [-0.4, -0.2) is 41.1 Å². The van der Waals surface area contributed by atoms with Crippen LogP contribution in [0.15, 0.2) is 53.4 Å². The number of carbonyl (C=O) groups is 2. The van der Waals surface area contributed by atoms with Crippen molar-refractivity contribution in [2.45, 2.75) is 56.3 Å². The maximum absolute atomic E-state index is 12.6. The summed E-state index contributed by atoms with van der Waals surface area (Å²) in [5.74, 6) is -0.00356. The molecule has 0 aliphatic carbocycles. The van der Waals surface area contributed by atoms with Gasteiger partial charge in [-0.1, -0.05) is 29.8 Å².